The van der Waals surface area contributed by atoms with E-state index in [0.717, 1.165) is 11.1 Å². The Labute approximate surface area is 159 Å². The highest BCUT2D eigenvalue weighted by Gasteiger charge is 2.19. The molecule has 2 aromatic rings. The maximum Gasteiger partial charge on any atom is 0.254 e. The Bertz CT molecular complexity index is 863. The van der Waals surface area contributed by atoms with E-state index in [-0.39, 0.29) is 18.4 Å². The molecule has 3 rings (SSSR count). The van der Waals surface area contributed by atoms with Gasteiger partial charge in [-0.3, -0.25) is 9.59 Å². The van der Waals surface area contributed by atoms with E-state index in [4.69, 9.17) is 9.47 Å². The van der Waals surface area contributed by atoms with E-state index in [9.17, 15) is 9.59 Å². The Morgan fingerprint density at radius 3 is 2.44 bits per heavy atom. The zero-order valence-electron chi connectivity index (χ0n) is 15.9. The lowest BCUT2D eigenvalue weighted by atomic mass is 10.1. The maximum atomic E-state index is 12.7. The molecule has 6 nitrogen and oxygen atoms in total. The van der Waals surface area contributed by atoms with Gasteiger partial charge in [0.15, 0.2) is 11.5 Å². The van der Waals surface area contributed by atoms with E-state index in [1.165, 1.54) is 4.90 Å². The van der Waals surface area contributed by atoms with Crippen LogP contribution in [-0.2, 0) is 4.79 Å². The van der Waals surface area contributed by atoms with Gasteiger partial charge in [0.05, 0.1) is 0 Å². The van der Waals surface area contributed by atoms with Crippen molar-refractivity contribution in [2.24, 2.45) is 0 Å². The van der Waals surface area contributed by atoms with E-state index in [2.05, 4.69) is 5.32 Å². The van der Waals surface area contributed by atoms with Gasteiger partial charge in [0, 0.05) is 23.9 Å². The van der Waals surface area contributed by atoms with Gasteiger partial charge >= 0.3 is 0 Å². The zero-order valence-corrected chi connectivity index (χ0v) is 15.9. The Balaban J connectivity index is 1.66. The van der Waals surface area contributed by atoms with Crippen LogP contribution < -0.4 is 14.8 Å². The lowest BCUT2D eigenvalue weighted by Crippen LogP contribution is -2.37. The van der Waals surface area contributed by atoms with E-state index in [1.54, 1.807) is 24.3 Å². The molecule has 0 fully saturated rings. The minimum atomic E-state index is -0.259. The van der Waals surface area contributed by atoms with E-state index >= 15 is 0 Å². The molecule has 0 bridgehead atoms. The molecular weight excluding hydrogens is 344 g/mol. The number of carbonyl (C=O) groups is 2. The van der Waals surface area contributed by atoms with E-state index in [0.29, 0.717) is 42.5 Å². The number of aryl methyl sites for hydroxylation is 2. The van der Waals surface area contributed by atoms with Gasteiger partial charge in [0.2, 0.25) is 5.91 Å². The summed E-state index contributed by atoms with van der Waals surface area (Å²) in [6, 6.07) is 10.8. The quantitative estimate of drug-likeness (QED) is 0.880. The third-order valence-electron chi connectivity index (χ3n) is 4.58. The van der Waals surface area contributed by atoms with Crippen LogP contribution in [0.25, 0.3) is 0 Å². The zero-order chi connectivity index (χ0) is 19.4. The molecule has 0 spiro atoms. The molecular formula is C21H24N2O4. The fourth-order valence-corrected chi connectivity index (χ4v) is 2.88. The highest BCUT2D eigenvalue weighted by molar-refractivity contribution is 5.99. The second kappa shape index (κ2) is 8.12. The SMILES string of the molecule is CCN(CC(=O)Nc1ccc2c(c1)OCCO2)C(=O)c1ccc(C)c(C)c1. The number of hydrogen-bond donors (Lipinski definition) is 1. The lowest BCUT2D eigenvalue weighted by molar-refractivity contribution is -0.116. The highest BCUT2D eigenvalue weighted by atomic mass is 16.6. The van der Waals surface area contributed by atoms with Gasteiger partial charge in [-0.1, -0.05) is 6.07 Å². The Hall–Kier alpha value is -3.02. The predicted molar refractivity (Wildman–Crippen MR) is 104 cm³/mol. The van der Waals surface area contributed by atoms with Crippen molar-refractivity contribution in [2.45, 2.75) is 20.8 Å². The number of anilines is 1. The number of carbonyl (C=O) groups excluding carboxylic acids is 2. The molecule has 6 heteroatoms. The number of rotatable bonds is 5. The Kier molecular flexibility index (Phi) is 5.64. The van der Waals surface area contributed by atoms with Gasteiger partial charge in [-0.15, -0.1) is 0 Å². The number of benzene rings is 2. The second-order valence-corrected chi connectivity index (χ2v) is 6.52. The van der Waals surface area contributed by atoms with Crippen LogP contribution in [0, 0.1) is 13.8 Å². The molecule has 0 unspecified atom stereocenters. The monoisotopic (exact) mass is 368 g/mol. The molecule has 27 heavy (non-hydrogen) atoms. The van der Waals surface area contributed by atoms with Crippen molar-refractivity contribution in [1.82, 2.24) is 4.90 Å². The first-order valence-corrected chi connectivity index (χ1v) is 9.04. The minimum Gasteiger partial charge on any atom is -0.486 e. The third-order valence-corrected chi connectivity index (χ3v) is 4.58. The average Bonchev–Trinajstić information content (AvgIpc) is 2.67. The summed E-state index contributed by atoms with van der Waals surface area (Å²) in [5.41, 5.74) is 3.38. The summed E-state index contributed by atoms with van der Waals surface area (Å²) in [5, 5.41) is 2.82. The molecule has 0 radical (unpaired) electrons. The van der Waals surface area contributed by atoms with Crippen molar-refractivity contribution < 1.29 is 19.1 Å². The number of amides is 2. The van der Waals surface area contributed by atoms with Gasteiger partial charge in [-0.2, -0.15) is 0 Å². The highest BCUT2D eigenvalue weighted by Crippen LogP contribution is 2.32. The molecule has 1 aliphatic heterocycles. The number of ether oxygens (including phenoxy) is 2. The van der Waals surface area contributed by atoms with Crippen LogP contribution in [-0.4, -0.2) is 43.0 Å². The predicted octanol–water partition coefficient (Wildman–Crippen LogP) is 3.18. The third kappa shape index (κ3) is 4.39. The summed E-state index contributed by atoms with van der Waals surface area (Å²) in [7, 11) is 0. The maximum absolute atomic E-state index is 12.7. The number of hydrogen-bond acceptors (Lipinski definition) is 4. The molecule has 1 N–H and O–H groups in total. The van der Waals surface area contributed by atoms with Crippen molar-refractivity contribution in [1.29, 1.82) is 0 Å². The van der Waals surface area contributed by atoms with Crippen molar-refractivity contribution in [3.05, 3.63) is 53.1 Å². The lowest BCUT2D eigenvalue weighted by Gasteiger charge is -2.22. The van der Waals surface area contributed by atoms with Crippen LogP contribution >= 0.6 is 0 Å². The topological polar surface area (TPSA) is 67.9 Å². The number of likely N-dealkylation sites (N-methyl/N-ethyl adjacent to an activating group) is 1. The molecule has 1 aliphatic rings. The van der Waals surface area contributed by atoms with Gasteiger partial charge < -0.3 is 19.7 Å². The summed E-state index contributed by atoms with van der Waals surface area (Å²) in [6.45, 7) is 7.26. The summed E-state index contributed by atoms with van der Waals surface area (Å²) in [4.78, 5) is 26.7. The molecule has 0 aliphatic carbocycles. The van der Waals surface area contributed by atoms with Crippen LogP contribution in [0.2, 0.25) is 0 Å². The normalized spacial score (nSPS) is 12.4. The molecule has 0 saturated carbocycles. The van der Waals surface area contributed by atoms with Crippen molar-refractivity contribution in [3.63, 3.8) is 0 Å². The fourth-order valence-electron chi connectivity index (χ4n) is 2.88. The standard InChI is InChI=1S/C21H24N2O4/c1-4-23(21(25)16-6-5-14(2)15(3)11-16)13-20(24)22-17-7-8-18-19(12-17)27-10-9-26-18/h5-8,11-12H,4,9-10,13H2,1-3H3,(H,22,24). The summed E-state index contributed by atoms with van der Waals surface area (Å²) in [6.07, 6.45) is 0. The Morgan fingerprint density at radius 2 is 1.74 bits per heavy atom. The fraction of sp³-hybridized carbons (Fsp3) is 0.333. The van der Waals surface area contributed by atoms with Crippen LogP contribution in [0.4, 0.5) is 5.69 Å². The van der Waals surface area contributed by atoms with E-state index < -0.39 is 0 Å². The van der Waals surface area contributed by atoms with Gasteiger partial charge in [-0.25, -0.2) is 0 Å². The summed E-state index contributed by atoms with van der Waals surface area (Å²) in [5.74, 6) is 0.862. The molecule has 142 valence electrons. The van der Waals surface area contributed by atoms with Crippen LogP contribution in [0.3, 0.4) is 0 Å². The second-order valence-electron chi connectivity index (χ2n) is 6.52. The average molecular weight is 368 g/mol. The first-order chi connectivity index (χ1) is 13.0. The van der Waals surface area contributed by atoms with E-state index in [1.807, 2.05) is 32.9 Å². The molecule has 0 saturated heterocycles. The molecule has 0 aromatic heterocycles. The van der Waals surface area contributed by atoms with Crippen molar-refractivity contribution in [2.75, 3.05) is 31.6 Å². The van der Waals surface area contributed by atoms with Crippen LogP contribution in [0.15, 0.2) is 36.4 Å². The smallest absolute Gasteiger partial charge is 0.254 e. The molecule has 1 heterocycles. The molecule has 2 amide bonds. The largest absolute Gasteiger partial charge is 0.486 e. The van der Waals surface area contributed by atoms with Crippen molar-refractivity contribution in [3.8, 4) is 11.5 Å². The minimum absolute atomic E-state index is 0.0172. The first-order valence-electron chi connectivity index (χ1n) is 9.04. The molecule has 2 aromatic carbocycles. The number of fused-ring (bicyclic) bond motifs is 1. The summed E-state index contributed by atoms with van der Waals surface area (Å²) < 4.78 is 11.0. The first kappa shape index (κ1) is 18.8. The van der Waals surface area contributed by atoms with Gasteiger partial charge in [-0.05, 0) is 56.2 Å². The van der Waals surface area contributed by atoms with Crippen LogP contribution in [0.5, 0.6) is 11.5 Å². The van der Waals surface area contributed by atoms with Gasteiger partial charge in [0.1, 0.15) is 19.8 Å². The van der Waals surface area contributed by atoms with Gasteiger partial charge in [0.25, 0.3) is 5.91 Å². The van der Waals surface area contributed by atoms with Crippen molar-refractivity contribution >= 4 is 17.5 Å². The Morgan fingerprint density at radius 1 is 1.00 bits per heavy atom. The number of nitrogens with zero attached hydrogens (tertiary/aromatic N) is 1. The van der Waals surface area contributed by atoms with Crippen LogP contribution in [0.1, 0.15) is 28.4 Å². The summed E-state index contributed by atoms with van der Waals surface area (Å²) >= 11 is 0. The molecule has 0 atom stereocenters. The number of nitrogens with one attached hydrogen (secondary N) is 1.